The Hall–Kier alpha value is -1.00. The van der Waals surface area contributed by atoms with Crippen molar-refractivity contribution >= 4 is 0 Å². The van der Waals surface area contributed by atoms with Crippen LogP contribution in [0.25, 0.3) is 0 Å². The Morgan fingerprint density at radius 1 is 1.50 bits per heavy atom. The van der Waals surface area contributed by atoms with E-state index < -0.39 is 0 Å². The Labute approximate surface area is 94.8 Å². The molecule has 2 heterocycles. The maximum absolute atomic E-state index is 13.4. The van der Waals surface area contributed by atoms with Crippen molar-refractivity contribution in [3.63, 3.8) is 0 Å². The first kappa shape index (κ1) is 11.5. The minimum Gasteiger partial charge on any atom is -0.381 e. The number of nitrogens with two attached hydrogens (primary N) is 1. The van der Waals surface area contributed by atoms with Crippen LogP contribution >= 0.6 is 0 Å². The summed E-state index contributed by atoms with van der Waals surface area (Å²) in [5.41, 5.74) is 6.37. The summed E-state index contributed by atoms with van der Waals surface area (Å²) in [5, 5.41) is 0. The largest absolute Gasteiger partial charge is 0.381 e. The number of rotatable bonds is 3. The van der Waals surface area contributed by atoms with E-state index in [1.54, 1.807) is 12.3 Å². The molecule has 1 atom stereocenters. The highest BCUT2D eigenvalue weighted by Crippen LogP contribution is 2.26. The summed E-state index contributed by atoms with van der Waals surface area (Å²) in [6.07, 6.45) is 4.41. The molecule has 0 radical (unpaired) electrons. The van der Waals surface area contributed by atoms with Crippen molar-refractivity contribution in [1.29, 1.82) is 0 Å². The maximum atomic E-state index is 13.4. The molecule has 0 aliphatic carbocycles. The summed E-state index contributed by atoms with van der Waals surface area (Å²) in [6, 6.07) is 2.69. The van der Waals surface area contributed by atoms with Crippen LogP contribution in [0.3, 0.4) is 0 Å². The molecule has 0 aromatic carbocycles. The zero-order valence-electron chi connectivity index (χ0n) is 9.23. The van der Waals surface area contributed by atoms with Gasteiger partial charge in [0.05, 0.1) is 11.7 Å². The third-order valence-electron chi connectivity index (χ3n) is 3.07. The molecule has 16 heavy (non-hydrogen) atoms. The number of ether oxygens (including phenoxy) is 1. The van der Waals surface area contributed by atoms with Gasteiger partial charge in [-0.05, 0) is 37.3 Å². The van der Waals surface area contributed by atoms with E-state index in [-0.39, 0.29) is 11.9 Å². The van der Waals surface area contributed by atoms with Gasteiger partial charge in [0.1, 0.15) is 5.82 Å². The van der Waals surface area contributed by atoms with Crippen molar-refractivity contribution in [1.82, 2.24) is 4.98 Å². The number of aromatic nitrogens is 1. The van der Waals surface area contributed by atoms with Crippen molar-refractivity contribution in [2.75, 3.05) is 13.2 Å². The van der Waals surface area contributed by atoms with Gasteiger partial charge in [0.2, 0.25) is 0 Å². The van der Waals surface area contributed by atoms with Crippen molar-refractivity contribution < 1.29 is 9.13 Å². The van der Waals surface area contributed by atoms with Crippen LogP contribution in [0.4, 0.5) is 4.39 Å². The molecule has 1 aliphatic heterocycles. The van der Waals surface area contributed by atoms with Gasteiger partial charge in [0.25, 0.3) is 0 Å². The number of pyridine rings is 1. The Morgan fingerprint density at radius 2 is 2.25 bits per heavy atom. The lowest BCUT2D eigenvalue weighted by atomic mass is 9.91. The maximum Gasteiger partial charge on any atom is 0.146 e. The second-order valence-corrected chi connectivity index (χ2v) is 4.27. The summed E-state index contributed by atoms with van der Waals surface area (Å²) in [6.45, 7) is 1.59. The third-order valence-corrected chi connectivity index (χ3v) is 3.07. The van der Waals surface area contributed by atoms with Gasteiger partial charge in [-0.3, -0.25) is 4.98 Å². The Kier molecular flexibility index (Phi) is 3.85. The molecule has 0 amide bonds. The fourth-order valence-corrected chi connectivity index (χ4v) is 2.12. The predicted molar refractivity (Wildman–Crippen MR) is 59.3 cm³/mol. The van der Waals surface area contributed by atoms with Gasteiger partial charge in [0, 0.05) is 19.4 Å². The molecule has 0 saturated carbocycles. The molecular weight excluding hydrogens is 207 g/mol. The van der Waals surface area contributed by atoms with Crippen molar-refractivity contribution in [2.45, 2.75) is 25.3 Å². The van der Waals surface area contributed by atoms with Crippen LogP contribution in [-0.4, -0.2) is 18.2 Å². The second kappa shape index (κ2) is 5.37. The molecule has 0 bridgehead atoms. The summed E-state index contributed by atoms with van der Waals surface area (Å²) < 4.78 is 18.7. The predicted octanol–water partition coefficient (Wildman–Crippen LogP) is 2.04. The van der Waals surface area contributed by atoms with Crippen LogP contribution in [-0.2, 0) is 4.74 Å². The average Bonchev–Trinajstić information content (AvgIpc) is 2.31. The van der Waals surface area contributed by atoms with E-state index in [1.165, 1.54) is 6.07 Å². The molecule has 3 nitrogen and oxygen atoms in total. The second-order valence-electron chi connectivity index (χ2n) is 4.27. The van der Waals surface area contributed by atoms with E-state index >= 15 is 0 Å². The first-order valence-electron chi connectivity index (χ1n) is 5.71. The first-order valence-corrected chi connectivity index (χ1v) is 5.71. The summed E-state index contributed by atoms with van der Waals surface area (Å²) in [7, 11) is 0. The Balaban J connectivity index is 1.96. The smallest absolute Gasteiger partial charge is 0.146 e. The molecule has 1 aliphatic rings. The topological polar surface area (TPSA) is 48.1 Å². The van der Waals surface area contributed by atoms with Gasteiger partial charge in [0.15, 0.2) is 0 Å². The molecular formula is C12H17FN2O. The summed E-state index contributed by atoms with van der Waals surface area (Å²) in [5.74, 6) is 0.229. The van der Waals surface area contributed by atoms with Crippen molar-refractivity contribution in [3.8, 4) is 0 Å². The quantitative estimate of drug-likeness (QED) is 0.854. The van der Waals surface area contributed by atoms with E-state index in [0.717, 1.165) is 32.5 Å². The molecule has 4 heteroatoms. The van der Waals surface area contributed by atoms with Crippen LogP contribution in [0.2, 0.25) is 0 Å². The van der Waals surface area contributed by atoms with Gasteiger partial charge >= 0.3 is 0 Å². The van der Waals surface area contributed by atoms with Crippen molar-refractivity contribution in [3.05, 3.63) is 29.8 Å². The highest BCUT2D eigenvalue weighted by atomic mass is 19.1. The molecule has 0 spiro atoms. The Morgan fingerprint density at radius 3 is 2.94 bits per heavy atom. The standard InChI is InChI=1S/C12H17FN2O/c13-10-2-1-5-15-12(10)11(14)8-9-3-6-16-7-4-9/h1-2,5,9,11H,3-4,6-8,14H2. The number of hydrogen-bond acceptors (Lipinski definition) is 3. The van der Waals surface area contributed by atoms with E-state index in [9.17, 15) is 4.39 Å². The normalized spacial score (nSPS) is 19.6. The van der Waals surface area contributed by atoms with Crippen molar-refractivity contribution in [2.24, 2.45) is 11.7 Å². The van der Waals surface area contributed by atoms with Crippen LogP contribution in [0.5, 0.6) is 0 Å². The van der Waals surface area contributed by atoms with Crippen LogP contribution in [0, 0.1) is 11.7 Å². The zero-order valence-corrected chi connectivity index (χ0v) is 9.23. The van der Waals surface area contributed by atoms with E-state index in [1.807, 2.05) is 0 Å². The van der Waals surface area contributed by atoms with E-state index in [2.05, 4.69) is 4.98 Å². The van der Waals surface area contributed by atoms with Crippen LogP contribution in [0.1, 0.15) is 31.0 Å². The average molecular weight is 224 g/mol. The molecule has 88 valence electrons. The first-order chi connectivity index (χ1) is 7.77. The lowest BCUT2D eigenvalue weighted by Gasteiger charge is -2.24. The fraction of sp³-hybridized carbons (Fsp3) is 0.583. The molecule has 2 N–H and O–H groups in total. The lowest BCUT2D eigenvalue weighted by Crippen LogP contribution is -2.22. The molecule has 1 fully saturated rings. The molecule has 1 unspecified atom stereocenters. The van der Waals surface area contributed by atoms with Gasteiger partial charge < -0.3 is 10.5 Å². The summed E-state index contributed by atoms with van der Waals surface area (Å²) in [4.78, 5) is 4.01. The fourth-order valence-electron chi connectivity index (χ4n) is 2.12. The molecule has 1 saturated heterocycles. The van der Waals surface area contributed by atoms with Crippen LogP contribution < -0.4 is 5.73 Å². The van der Waals surface area contributed by atoms with Gasteiger partial charge in [-0.2, -0.15) is 0 Å². The highest BCUT2D eigenvalue weighted by molar-refractivity contribution is 5.11. The van der Waals surface area contributed by atoms with Gasteiger partial charge in [-0.25, -0.2) is 4.39 Å². The SMILES string of the molecule is NC(CC1CCOCC1)c1ncccc1F. The zero-order chi connectivity index (χ0) is 11.4. The Bertz CT molecular complexity index is 340. The van der Waals surface area contributed by atoms with E-state index in [0.29, 0.717) is 11.6 Å². The minimum atomic E-state index is -0.304. The molecule has 1 aromatic rings. The summed E-state index contributed by atoms with van der Waals surface area (Å²) >= 11 is 0. The minimum absolute atomic E-state index is 0.302. The molecule has 2 rings (SSSR count). The lowest BCUT2D eigenvalue weighted by molar-refractivity contribution is 0.0616. The monoisotopic (exact) mass is 224 g/mol. The third kappa shape index (κ3) is 2.77. The van der Waals surface area contributed by atoms with Gasteiger partial charge in [-0.1, -0.05) is 0 Å². The number of hydrogen-bond donors (Lipinski definition) is 1. The number of nitrogens with zero attached hydrogens (tertiary/aromatic N) is 1. The molecule has 1 aromatic heterocycles. The van der Waals surface area contributed by atoms with Gasteiger partial charge in [-0.15, -0.1) is 0 Å². The van der Waals surface area contributed by atoms with E-state index in [4.69, 9.17) is 10.5 Å². The van der Waals surface area contributed by atoms with Crippen LogP contribution in [0.15, 0.2) is 18.3 Å². The number of halogens is 1. The highest BCUT2D eigenvalue weighted by Gasteiger charge is 2.20.